The number of hydrogen-bond acceptors (Lipinski definition) is 7. The number of alkyl halides is 1. The van der Waals surface area contributed by atoms with Crippen LogP contribution in [0.4, 0.5) is 10.2 Å². The van der Waals surface area contributed by atoms with Gasteiger partial charge in [-0.2, -0.15) is 0 Å². The lowest BCUT2D eigenvalue weighted by atomic mass is 10.1. The average Bonchev–Trinajstić information content (AvgIpc) is 3.09. The second kappa shape index (κ2) is 4.83. The quantitative estimate of drug-likeness (QED) is 0.825. The number of aromatic nitrogens is 4. The maximum absolute atomic E-state index is 15.0. The van der Waals surface area contributed by atoms with E-state index in [0.717, 1.165) is 0 Å². The highest BCUT2D eigenvalue weighted by molar-refractivity contribution is 5.81. The van der Waals surface area contributed by atoms with E-state index in [1.165, 1.54) is 12.7 Å². The standard InChI is InChI=1S/C14H18FN5O3/c1-14(2)22-10-6(3-21)7(15)9(11(10)23-14)20-5-19-8-12(16)17-4-18-13(8)20/h4-7,9-11,21H,3H2,1-2H3,(H2,16,17,18)/t6-,7+,9+,10+,11-/m0/s1. The lowest BCUT2D eigenvalue weighted by Crippen LogP contribution is -2.32. The Morgan fingerprint density at radius 1 is 1.30 bits per heavy atom. The smallest absolute Gasteiger partial charge is 0.165 e. The van der Waals surface area contributed by atoms with E-state index in [1.54, 1.807) is 18.4 Å². The fourth-order valence-electron chi connectivity index (χ4n) is 3.63. The summed E-state index contributed by atoms with van der Waals surface area (Å²) in [5.41, 5.74) is 6.65. The van der Waals surface area contributed by atoms with Crippen LogP contribution in [-0.2, 0) is 9.47 Å². The fourth-order valence-corrected chi connectivity index (χ4v) is 3.63. The Bertz CT molecular complexity index is 751. The summed E-state index contributed by atoms with van der Waals surface area (Å²) in [5.74, 6) is -1.25. The molecule has 0 amide bonds. The van der Waals surface area contributed by atoms with Crippen molar-refractivity contribution in [2.45, 2.75) is 44.1 Å². The minimum absolute atomic E-state index is 0.237. The summed E-state index contributed by atoms with van der Waals surface area (Å²) in [4.78, 5) is 12.2. The summed E-state index contributed by atoms with van der Waals surface area (Å²) in [5, 5.41) is 9.58. The van der Waals surface area contributed by atoms with E-state index in [9.17, 15) is 9.50 Å². The second-order valence-electron chi connectivity index (χ2n) is 6.43. The van der Waals surface area contributed by atoms with Crippen LogP contribution in [0, 0.1) is 5.92 Å². The number of imidazole rings is 1. The van der Waals surface area contributed by atoms with Crippen LogP contribution in [0.5, 0.6) is 0 Å². The van der Waals surface area contributed by atoms with E-state index < -0.39 is 36.1 Å². The van der Waals surface area contributed by atoms with Crippen LogP contribution < -0.4 is 5.73 Å². The molecule has 1 aliphatic carbocycles. The number of ether oxygens (including phenoxy) is 2. The minimum Gasteiger partial charge on any atom is -0.396 e. The molecule has 0 unspecified atom stereocenters. The number of aliphatic hydroxyl groups is 1. The van der Waals surface area contributed by atoms with Gasteiger partial charge >= 0.3 is 0 Å². The number of hydrogen-bond donors (Lipinski definition) is 2. The largest absolute Gasteiger partial charge is 0.396 e. The zero-order valence-corrected chi connectivity index (χ0v) is 12.8. The highest BCUT2D eigenvalue weighted by Crippen LogP contribution is 2.48. The molecule has 4 rings (SSSR count). The number of halogens is 1. The van der Waals surface area contributed by atoms with Crippen molar-refractivity contribution in [1.82, 2.24) is 19.5 Å². The molecular formula is C14H18FN5O3. The third kappa shape index (κ3) is 2.03. The van der Waals surface area contributed by atoms with Crippen LogP contribution in [0.1, 0.15) is 19.9 Å². The van der Waals surface area contributed by atoms with Crippen LogP contribution >= 0.6 is 0 Å². The molecule has 5 atom stereocenters. The monoisotopic (exact) mass is 323 g/mol. The molecule has 23 heavy (non-hydrogen) atoms. The molecule has 2 aromatic heterocycles. The predicted octanol–water partition coefficient (Wildman–Crippen LogP) is 0.430. The first-order valence-electron chi connectivity index (χ1n) is 7.46. The topological polar surface area (TPSA) is 108 Å². The average molecular weight is 323 g/mol. The van der Waals surface area contributed by atoms with Gasteiger partial charge in [-0.1, -0.05) is 0 Å². The molecule has 3 N–H and O–H groups in total. The van der Waals surface area contributed by atoms with Crippen molar-refractivity contribution in [2.24, 2.45) is 5.92 Å². The van der Waals surface area contributed by atoms with Gasteiger partial charge in [0.2, 0.25) is 0 Å². The molecule has 8 nitrogen and oxygen atoms in total. The number of anilines is 1. The van der Waals surface area contributed by atoms with Gasteiger partial charge < -0.3 is 24.9 Å². The normalized spacial score (nSPS) is 35.7. The molecule has 2 aliphatic rings. The van der Waals surface area contributed by atoms with Gasteiger partial charge in [-0.3, -0.25) is 0 Å². The van der Waals surface area contributed by atoms with E-state index >= 15 is 0 Å². The van der Waals surface area contributed by atoms with E-state index in [4.69, 9.17) is 15.2 Å². The van der Waals surface area contributed by atoms with E-state index in [-0.39, 0.29) is 12.4 Å². The number of nitrogen functional groups attached to an aromatic ring is 1. The van der Waals surface area contributed by atoms with Crippen molar-refractivity contribution in [1.29, 1.82) is 0 Å². The van der Waals surface area contributed by atoms with Crippen molar-refractivity contribution >= 4 is 17.0 Å². The Hall–Kier alpha value is -1.84. The second-order valence-corrected chi connectivity index (χ2v) is 6.43. The first kappa shape index (κ1) is 14.7. The number of nitrogens with zero attached hydrogens (tertiary/aromatic N) is 4. The van der Waals surface area contributed by atoms with Gasteiger partial charge in [0.25, 0.3) is 0 Å². The Balaban J connectivity index is 1.81. The van der Waals surface area contributed by atoms with Crippen LogP contribution in [0.3, 0.4) is 0 Å². The predicted molar refractivity (Wildman–Crippen MR) is 78.1 cm³/mol. The molecule has 3 heterocycles. The van der Waals surface area contributed by atoms with Crippen molar-refractivity contribution in [2.75, 3.05) is 12.3 Å². The van der Waals surface area contributed by atoms with Gasteiger partial charge in [-0.05, 0) is 13.8 Å². The van der Waals surface area contributed by atoms with Crippen molar-refractivity contribution in [3.8, 4) is 0 Å². The lowest BCUT2D eigenvalue weighted by Gasteiger charge is -2.26. The minimum atomic E-state index is -1.35. The summed E-state index contributed by atoms with van der Waals surface area (Å²) in [7, 11) is 0. The summed E-state index contributed by atoms with van der Waals surface area (Å²) >= 11 is 0. The van der Waals surface area contributed by atoms with Crippen LogP contribution in [0.2, 0.25) is 0 Å². The van der Waals surface area contributed by atoms with Crippen LogP contribution in [-0.4, -0.2) is 55.4 Å². The Morgan fingerprint density at radius 2 is 2.04 bits per heavy atom. The Kier molecular flexibility index (Phi) is 3.09. The summed E-state index contributed by atoms with van der Waals surface area (Å²) in [6.45, 7) is 3.23. The summed E-state index contributed by atoms with van der Waals surface area (Å²) < 4.78 is 28.3. The van der Waals surface area contributed by atoms with Gasteiger partial charge in [0.1, 0.15) is 24.1 Å². The first-order valence-corrected chi connectivity index (χ1v) is 7.46. The highest BCUT2D eigenvalue weighted by Gasteiger charge is 2.60. The summed E-state index contributed by atoms with van der Waals surface area (Å²) in [6.07, 6.45) is 0.394. The van der Waals surface area contributed by atoms with E-state index in [2.05, 4.69) is 15.0 Å². The maximum atomic E-state index is 15.0. The maximum Gasteiger partial charge on any atom is 0.165 e. The van der Waals surface area contributed by atoms with Crippen LogP contribution in [0.15, 0.2) is 12.7 Å². The molecule has 1 aliphatic heterocycles. The van der Waals surface area contributed by atoms with Crippen molar-refractivity contribution in [3.63, 3.8) is 0 Å². The lowest BCUT2D eigenvalue weighted by molar-refractivity contribution is -0.168. The highest BCUT2D eigenvalue weighted by atomic mass is 19.1. The zero-order valence-electron chi connectivity index (χ0n) is 12.8. The Labute approximate surface area is 131 Å². The fraction of sp³-hybridized carbons (Fsp3) is 0.643. The molecule has 0 aromatic carbocycles. The number of nitrogens with two attached hydrogens (primary N) is 1. The van der Waals surface area contributed by atoms with Gasteiger partial charge in [0.15, 0.2) is 17.3 Å². The summed E-state index contributed by atoms with van der Waals surface area (Å²) in [6, 6.07) is -0.696. The third-order valence-electron chi connectivity index (χ3n) is 4.58. The molecule has 2 aromatic rings. The molecule has 9 heteroatoms. The van der Waals surface area contributed by atoms with Crippen LogP contribution in [0.25, 0.3) is 11.2 Å². The molecule has 1 saturated heterocycles. The molecule has 0 radical (unpaired) electrons. The SMILES string of the molecule is CC1(C)O[C@@H]2[C@@H](CO)[C@@H](F)[C@@H](n3cnc4c(N)ncnc43)[C@@H]2O1. The van der Waals surface area contributed by atoms with Gasteiger partial charge in [0.05, 0.1) is 25.1 Å². The Morgan fingerprint density at radius 3 is 2.78 bits per heavy atom. The third-order valence-corrected chi connectivity index (χ3v) is 4.58. The molecule has 0 spiro atoms. The van der Waals surface area contributed by atoms with Crippen molar-refractivity contribution in [3.05, 3.63) is 12.7 Å². The van der Waals surface area contributed by atoms with Crippen molar-refractivity contribution < 1.29 is 19.0 Å². The molecular weight excluding hydrogens is 305 g/mol. The molecule has 2 fully saturated rings. The van der Waals surface area contributed by atoms with E-state index in [0.29, 0.717) is 11.2 Å². The zero-order chi connectivity index (χ0) is 16.4. The molecule has 0 bridgehead atoms. The number of fused-ring (bicyclic) bond motifs is 2. The van der Waals surface area contributed by atoms with Gasteiger partial charge in [-0.15, -0.1) is 0 Å². The first-order chi connectivity index (χ1) is 10.9. The van der Waals surface area contributed by atoms with E-state index in [1.807, 2.05) is 0 Å². The number of aliphatic hydroxyl groups excluding tert-OH is 1. The molecule has 1 saturated carbocycles. The van der Waals surface area contributed by atoms with Gasteiger partial charge in [0, 0.05) is 5.92 Å². The van der Waals surface area contributed by atoms with Gasteiger partial charge in [-0.25, -0.2) is 19.3 Å². The molecule has 124 valence electrons. The number of rotatable bonds is 2.